The average Bonchev–Trinajstić information content (AvgIpc) is 3.40. The molecule has 3 aromatic heterocycles. The van der Waals surface area contributed by atoms with Crippen LogP contribution in [0.4, 0.5) is 9.52 Å². The number of fused-ring (bicyclic) bond motifs is 1. The fraction of sp³-hybridized carbons (Fsp3) is 0.227. The fourth-order valence-electron chi connectivity index (χ4n) is 4.28. The predicted octanol–water partition coefficient (Wildman–Crippen LogP) is 3.73. The highest BCUT2D eigenvalue weighted by molar-refractivity contribution is 7.13. The van der Waals surface area contributed by atoms with Crippen molar-refractivity contribution in [2.45, 2.75) is 18.3 Å². The monoisotopic (exact) mass is 421 g/mol. The Morgan fingerprint density at radius 3 is 2.53 bits per heavy atom. The molecule has 4 heterocycles. The Morgan fingerprint density at radius 1 is 1.07 bits per heavy atom. The first-order valence-electron chi connectivity index (χ1n) is 9.76. The fourth-order valence-corrected chi connectivity index (χ4v) is 4.82. The molecule has 152 valence electrons. The maximum absolute atomic E-state index is 13.7. The van der Waals surface area contributed by atoms with Crippen LogP contribution < -0.4 is 5.73 Å². The Labute approximate surface area is 176 Å². The van der Waals surface area contributed by atoms with Crippen LogP contribution in [0.5, 0.6) is 0 Å². The maximum atomic E-state index is 13.7. The van der Waals surface area contributed by atoms with Crippen molar-refractivity contribution in [1.82, 2.24) is 19.3 Å². The minimum Gasteiger partial charge on any atom is -0.375 e. The zero-order valence-corrected chi connectivity index (χ0v) is 17.0. The number of carbonyl (C=O) groups is 1. The first-order valence-corrected chi connectivity index (χ1v) is 10.6. The minimum atomic E-state index is -0.346. The first kappa shape index (κ1) is 18.7. The van der Waals surface area contributed by atoms with Crippen molar-refractivity contribution in [2.24, 2.45) is 0 Å². The summed E-state index contributed by atoms with van der Waals surface area (Å²) in [6.07, 6.45) is 4.78. The van der Waals surface area contributed by atoms with Crippen molar-refractivity contribution in [3.63, 3.8) is 0 Å². The first-order chi connectivity index (χ1) is 14.5. The van der Waals surface area contributed by atoms with E-state index in [1.807, 2.05) is 29.3 Å². The molecular weight excluding hydrogens is 401 g/mol. The third kappa shape index (κ3) is 3.13. The van der Waals surface area contributed by atoms with Crippen LogP contribution in [0.25, 0.3) is 5.65 Å². The van der Waals surface area contributed by atoms with Crippen LogP contribution in [-0.4, -0.2) is 38.3 Å². The minimum absolute atomic E-state index is 0.0957. The molecule has 1 aliphatic rings. The van der Waals surface area contributed by atoms with Crippen molar-refractivity contribution in [3.05, 3.63) is 83.0 Å². The highest BCUT2D eigenvalue weighted by atomic mass is 32.1. The quantitative estimate of drug-likeness (QED) is 0.547. The Bertz CT molecular complexity index is 1210. The van der Waals surface area contributed by atoms with Crippen LogP contribution in [-0.2, 0) is 5.41 Å². The number of hydrogen-bond donors (Lipinski definition) is 1. The molecule has 1 saturated heterocycles. The number of thiazole rings is 1. The summed E-state index contributed by atoms with van der Waals surface area (Å²) in [5, 5.41) is 2.10. The Balaban J connectivity index is 1.50. The SMILES string of the molecule is Nc1nc(C(=O)N2CCC(c3ccccc3)(c3cn4cc(F)ccc4n3)CC2)cs1. The Kier molecular flexibility index (Phi) is 4.51. The lowest BCUT2D eigenvalue weighted by Crippen LogP contribution is -2.46. The molecule has 1 aliphatic heterocycles. The molecule has 0 atom stereocenters. The molecule has 6 nitrogen and oxygen atoms in total. The predicted molar refractivity (Wildman–Crippen MR) is 114 cm³/mol. The number of aromatic nitrogens is 3. The van der Waals surface area contributed by atoms with Crippen molar-refractivity contribution in [2.75, 3.05) is 18.8 Å². The number of imidazole rings is 1. The number of nitrogen functional groups attached to an aromatic ring is 1. The van der Waals surface area contributed by atoms with Gasteiger partial charge >= 0.3 is 0 Å². The summed E-state index contributed by atoms with van der Waals surface area (Å²) in [5.41, 5.74) is 8.49. The summed E-state index contributed by atoms with van der Waals surface area (Å²) in [7, 11) is 0. The molecule has 2 N–H and O–H groups in total. The standard InChI is InChI=1S/C22H20FN5OS/c23-16-6-7-19-26-18(13-28(19)12-16)22(15-4-2-1-3-5-15)8-10-27(11-9-22)20(29)17-14-30-21(24)25-17/h1-7,12-14H,8-11H2,(H2,24,25). The van der Waals surface area contributed by atoms with Gasteiger partial charge in [0.2, 0.25) is 0 Å². The van der Waals surface area contributed by atoms with Gasteiger partial charge in [0.15, 0.2) is 5.13 Å². The zero-order valence-electron chi connectivity index (χ0n) is 16.2. The molecule has 0 radical (unpaired) electrons. The molecule has 4 aromatic rings. The lowest BCUT2D eigenvalue weighted by Gasteiger charge is -2.41. The average molecular weight is 422 g/mol. The van der Waals surface area contributed by atoms with Gasteiger partial charge in [-0.1, -0.05) is 30.3 Å². The third-order valence-electron chi connectivity index (χ3n) is 5.88. The Hall–Kier alpha value is -3.26. The van der Waals surface area contributed by atoms with E-state index in [0.29, 0.717) is 29.6 Å². The summed E-state index contributed by atoms with van der Waals surface area (Å²) in [4.78, 5) is 23.6. The smallest absolute Gasteiger partial charge is 0.273 e. The number of piperidine rings is 1. The molecule has 5 rings (SSSR count). The number of pyridine rings is 1. The number of nitrogens with zero attached hydrogens (tertiary/aromatic N) is 4. The van der Waals surface area contributed by atoms with Gasteiger partial charge in [-0.3, -0.25) is 4.79 Å². The second-order valence-electron chi connectivity index (χ2n) is 7.55. The van der Waals surface area contributed by atoms with E-state index >= 15 is 0 Å². The van der Waals surface area contributed by atoms with Gasteiger partial charge in [0.05, 0.1) is 5.69 Å². The molecule has 1 fully saturated rings. The van der Waals surface area contributed by atoms with E-state index in [0.717, 1.165) is 24.1 Å². The molecule has 30 heavy (non-hydrogen) atoms. The van der Waals surface area contributed by atoms with Gasteiger partial charge in [-0.25, -0.2) is 14.4 Å². The van der Waals surface area contributed by atoms with Gasteiger partial charge in [0, 0.05) is 36.3 Å². The number of amides is 1. The molecule has 1 aromatic carbocycles. The highest BCUT2D eigenvalue weighted by Crippen LogP contribution is 2.41. The highest BCUT2D eigenvalue weighted by Gasteiger charge is 2.41. The molecule has 0 unspecified atom stereocenters. The van der Waals surface area contributed by atoms with Crippen molar-refractivity contribution < 1.29 is 9.18 Å². The summed E-state index contributed by atoms with van der Waals surface area (Å²) in [5.74, 6) is -0.398. The van der Waals surface area contributed by atoms with Gasteiger partial charge in [0.25, 0.3) is 5.91 Å². The number of carbonyl (C=O) groups excluding carboxylic acids is 1. The van der Waals surface area contributed by atoms with E-state index in [1.165, 1.54) is 23.6 Å². The summed E-state index contributed by atoms with van der Waals surface area (Å²) in [6, 6.07) is 13.3. The van der Waals surface area contributed by atoms with Crippen molar-refractivity contribution in [3.8, 4) is 0 Å². The van der Waals surface area contributed by atoms with Crippen LogP contribution in [0, 0.1) is 5.82 Å². The van der Waals surface area contributed by atoms with Gasteiger partial charge in [-0.2, -0.15) is 0 Å². The van der Waals surface area contributed by atoms with E-state index in [9.17, 15) is 9.18 Å². The second-order valence-corrected chi connectivity index (χ2v) is 8.44. The summed E-state index contributed by atoms with van der Waals surface area (Å²) < 4.78 is 15.4. The largest absolute Gasteiger partial charge is 0.375 e. The zero-order chi connectivity index (χ0) is 20.7. The van der Waals surface area contributed by atoms with E-state index < -0.39 is 0 Å². The van der Waals surface area contributed by atoms with Crippen LogP contribution in [0.15, 0.2) is 60.2 Å². The van der Waals surface area contributed by atoms with Gasteiger partial charge in [-0.15, -0.1) is 11.3 Å². The molecular formula is C22H20FN5OS. The lowest BCUT2D eigenvalue weighted by molar-refractivity contribution is 0.0679. The van der Waals surface area contributed by atoms with Gasteiger partial charge < -0.3 is 15.0 Å². The van der Waals surface area contributed by atoms with Crippen LogP contribution in [0.2, 0.25) is 0 Å². The number of anilines is 1. The van der Waals surface area contributed by atoms with Crippen molar-refractivity contribution in [1.29, 1.82) is 0 Å². The molecule has 1 amide bonds. The lowest BCUT2D eigenvalue weighted by atomic mass is 9.70. The number of nitrogens with two attached hydrogens (primary N) is 1. The maximum Gasteiger partial charge on any atom is 0.273 e. The molecule has 0 saturated carbocycles. The third-order valence-corrected chi connectivity index (χ3v) is 6.55. The number of likely N-dealkylation sites (tertiary alicyclic amines) is 1. The van der Waals surface area contributed by atoms with Crippen LogP contribution in [0.3, 0.4) is 0 Å². The second kappa shape index (κ2) is 7.21. The van der Waals surface area contributed by atoms with E-state index in [1.54, 1.807) is 15.8 Å². The van der Waals surface area contributed by atoms with Gasteiger partial charge in [-0.05, 0) is 30.5 Å². The van der Waals surface area contributed by atoms with Crippen molar-refractivity contribution >= 4 is 28.0 Å². The normalized spacial score (nSPS) is 16.1. The number of benzene rings is 1. The molecule has 0 spiro atoms. The summed E-state index contributed by atoms with van der Waals surface area (Å²) >= 11 is 1.27. The molecule has 8 heteroatoms. The molecule has 0 aliphatic carbocycles. The van der Waals surface area contributed by atoms with E-state index in [4.69, 9.17) is 10.7 Å². The van der Waals surface area contributed by atoms with Crippen LogP contribution in [0.1, 0.15) is 34.6 Å². The number of halogens is 1. The van der Waals surface area contributed by atoms with E-state index in [2.05, 4.69) is 17.1 Å². The van der Waals surface area contributed by atoms with Gasteiger partial charge in [0.1, 0.15) is 17.2 Å². The number of hydrogen-bond acceptors (Lipinski definition) is 5. The topological polar surface area (TPSA) is 76.5 Å². The summed E-state index contributed by atoms with van der Waals surface area (Å²) in [6.45, 7) is 1.15. The van der Waals surface area contributed by atoms with E-state index in [-0.39, 0.29) is 17.1 Å². The Morgan fingerprint density at radius 2 is 1.83 bits per heavy atom. The number of rotatable bonds is 3. The molecule has 0 bridgehead atoms. The van der Waals surface area contributed by atoms with Crippen LogP contribution >= 0.6 is 11.3 Å².